The molecule has 0 aliphatic heterocycles. The topological polar surface area (TPSA) is 104 Å². The van der Waals surface area contributed by atoms with Crippen LogP contribution in [0.1, 0.15) is 22.3 Å². The van der Waals surface area contributed by atoms with Crippen molar-refractivity contribution in [1.29, 1.82) is 0 Å². The first-order valence-corrected chi connectivity index (χ1v) is 47.8. The number of hydrogen-bond acceptors (Lipinski definition) is 7. The van der Waals surface area contributed by atoms with E-state index in [2.05, 4.69) is 441 Å². The molecule has 29 rings (SSSR count). The molecule has 27 aromatic rings. The third-order valence-electron chi connectivity index (χ3n) is 28.4. The number of rotatable bonds is 12. The first kappa shape index (κ1) is 81.6. The molecule has 0 saturated heterocycles. The van der Waals surface area contributed by atoms with Crippen LogP contribution in [0.2, 0.25) is 0 Å². The molecule has 0 unspecified atom stereocenters. The van der Waals surface area contributed by atoms with Gasteiger partial charge in [0.1, 0.15) is 45.7 Å². The zero-order valence-electron chi connectivity index (χ0n) is 76.4. The van der Waals surface area contributed by atoms with Gasteiger partial charge in [-0.1, -0.05) is 346 Å². The van der Waals surface area contributed by atoms with Crippen molar-refractivity contribution in [3.63, 3.8) is 0 Å². The Morgan fingerprint density at radius 3 is 1.03 bits per heavy atom. The molecule has 0 atom stereocenters. The van der Waals surface area contributed by atoms with Gasteiger partial charge in [0.15, 0.2) is 0 Å². The Labute approximate surface area is 812 Å². The van der Waals surface area contributed by atoms with Gasteiger partial charge in [-0.15, -0.1) is 0 Å². The Morgan fingerprint density at radius 1 is 0.199 bits per heavy atom. The lowest BCUT2D eigenvalue weighted by molar-refractivity contribution is 0.670. The summed E-state index contributed by atoms with van der Waals surface area (Å²) in [7, 11) is 0. The van der Waals surface area contributed by atoms with Crippen molar-refractivity contribution in [2.75, 3.05) is 0 Å². The number of nitrogens with zero attached hydrogens (tertiary/aromatic N) is 9. The molecule has 2 aliphatic rings. The molecule has 0 radical (unpaired) electrons. The van der Waals surface area contributed by atoms with E-state index in [4.69, 9.17) is 19.4 Å². The van der Waals surface area contributed by atoms with Gasteiger partial charge in [-0.3, -0.25) is 28.2 Å². The van der Waals surface area contributed by atoms with Gasteiger partial charge in [0.05, 0.1) is 39.0 Å². The van der Waals surface area contributed by atoms with Crippen LogP contribution in [0.15, 0.2) is 509 Å². The van der Waals surface area contributed by atoms with Gasteiger partial charge in [-0.2, -0.15) is 0 Å². The van der Waals surface area contributed by atoms with E-state index >= 15 is 0 Å². The summed E-state index contributed by atoms with van der Waals surface area (Å²) in [6, 6.07) is 167. The van der Waals surface area contributed by atoms with Crippen LogP contribution < -0.4 is 0 Å². The number of imidazole rings is 3. The maximum atomic E-state index is 6.70. The van der Waals surface area contributed by atoms with Crippen molar-refractivity contribution in [2.45, 2.75) is 5.41 Å². The molecule has 0 N–H and O–H groups in total. The molecule has 10 heterocycles. The summed E-state index contributed by atoms with van der Waals surface area (Å²) in [4.78, 5) is 29.3. The SMILES string of the molecule is c1ccc(-c2cc(-c3ccccc3)cc(-c3ccc(-c4cccc(-c5nc(-c6ccccn6)c6ccccn56)c4)c4ccccc34)c2)cc1.c1ccc(-c2nc(-c3cccc(-c4cc5ccccc5c5c4oc4ccc6ccccc6c45)c3)n3ccccc23)nc1.c1ccc(-c2nc(-c3cccc(-c4ccc5c6c(cccc46)C4(c6ccccc6-c6ccccc64)c4ccccc4-5)c3)n3ccccc23)nc1. The van der Waals surface area contributed by atoms with Crippen molar-refractivity contribution >= 4 is 81.6 Å². The third-order valence-corrected chi connectivity index (χ3v) is 28.4. The lowest BCUT2D eigenvalue weighted by atomic mass is 9.61. The average Bonchev–Trinajstić information content (AvgIpc) is 1.53. The number of fused-ring (bicyclic) bond motifs is 20. The molecule has 10 aromatic heterocycles. The molecular formula is C131H83N9O. The monoisotopic (exact) mass is 1800 g/mol. The Kier molecular flexibility index (Phi) is 19.6. The fourth-order valence-corrected chi connectivity index (χ4v) is 22.3. The van der Waals surface area contributed by atoms with Crippen LogP contribution >= 0.6 is 0 Å². The second-order valence-electron chi connectivity index (χ2n) is 36.2. The summed E-state index contributed by atoms with van der Waals surface area (Å²) < 4.78 is 13.2. The standard InChI is InChI=1S/C47H29N3.C46H31N3.C38H23N3O/c1-4-19-38-33(15-1)34-16-2-5-20-39(34)47(38)40-21-6-3-17-35(40)37-26-25-32(36-18-12-22-41(47)44(36)37)30-13-11-14-31(29-30)46-49-45(42-23-7-9-27-48-42)43-24-8-10-28-50(43)46;1-3-14-32(15-4-1)36-29-37(33-16-5-2-6-17-33)31-38(30-36)40-25-24-39(41-20-7-8-21-42(40)41)34-18-13-19-35(28-34)46-48-45(43-22-9-11-26-47-43)44-23-10-12-27-49(44)46;1-3-14-28-24(10-1)18-19-33-34(28)35-29-15-4-2-11-26(29)23-30(37(35)42-33)25-12-9-13-27(22-25)38-40-36(31-16-5-7-20-39-31)32-17-6-8-21-41(32)38/h1-29H;1-31H;1-23H. The molecule has 10 heteroatoms. The van der Waals surface area contributed by atoms with E-state index in [1.807, 2.05) is 91.4 Å². The second-order valence-corrected chi connectivity index (χ2v) is 36.2. The average molecular weight is 1800 g/mol. The van der Waals surface area contributed by atoms with Gasteiger partial charge in [0.2, 0.25) is 0 Å². The van der Waals surface area contributed by atoms with Crippen LogP contribution in [-0.2, 0) is 5.41 Å². The Bertz CT molecular complexity index is 9540. The number of hydrogen-bond donors (Lipinski definition) is 0. The highest BCUT2D eigenvalue weighted by atomic mass is 16.3. The predicted molar refractivity (Wildman–Crippen MR) is 578 cm³/mol. The lowest BCUT2D eigenvalue weighted by Gasteiger charge is -2.40. The fraction of sp³-hybridized carbons (Fsp3) is 0.00763. The first-order chi connectivity index (χ1) is 69.9. The minimum Gasteiger partial charge on any atom is -0.455 e. The van der Waals surface area contributed by atoms with Gasteiger partial charge >= 0.3 is 0 Å². The van der Waals surface area contributed by atoms with Gasteiger partial charge in [-0.05, 0) is 270 Å². The Balaban J connectivity index is 0.000000106. The Morgan fingerprint density at radius 2 is 0.546 bits per heavy atom. The van der Waals surface area contributed by atoms with Gasteiger partial charge in [0.25, 0.3) is 0 Å². The molecule has 0 bridgehead atoms. The minimum absolute atomic E-state index is 0.409. The van der Waals surface area contributed by atoms with E-state index in [9.17, 15) is 0 Å². The molecule has 658 valence electrons. The highest BCUT2D eigenvalue weighted by Crippen LogP contribution is 2.63. The van der Waals surface area contributed by atoms with Gasteiger partial charge < -0.3 is 4.42 Å². The van der Waals surface area contributed by atoms with E-state index in [-0.39, 0.29) is 0 Å². The minimum atomic E-state index is -0.409. The molecule has 10 nitrogen and oxygen atoms in total. The van der Waals surface area contributed by atoms with Crippen LogP contribution in [0.3, 0.4) is 0 Å². The first-order valence-electron chi connectivity index (χ1n) is 47.8. The highest BCUT2D eigenvalue weighted by Gasteiger charge is 2.50. The van der Waals surface area contributed by atoms with Crippen LogP contribution in [0.5, 0.6) is 0 Å². The molecule has 141 heavy (non-hydrogen) atoms. The molecule has 2 aliphatic carbocycles. The van der Waals surface area contributed by atoms with Crippen LogP contribution in [0.25, 0.3) is 239 Å². The molecule has 0 saturated carbocycles. The summed E-state index contributed by atoms with van der Waals surface area (Å²) in [5.41, 5.74) is 37.6. The zero-order valence-corrected chi connectivity index (χ0v) is 76.4. The molecule has 1 spiro atoms. The van der Waals surface area contributed by atoms with Crippen molar-refractivity contribution in [2.24, 2.45) is 0 Å². The highest BCUT2D eigenvalue weighted by molar-refractivity contribution is 6.29. The summed E-state index contributed by atoms with van der Waals surface area (Å²) in [5, 5.41) is 12.1. The summed E-state index contributed by atoms with van der Waals surface area (Å²) in [6.07, 6.45) is 11.7. The van der Waals surface area contributed by atoms with Crippen LogP contribution in [-0.4, -0.2) is 43.1 Å². The van der Waals surface area contributed by atoms with E-state index in [1.54, 1.807) is 0 Å². The van der Waals surface area contributed by atoms with E-state index in [0.29, 0.717) is 0 Å². The summed E-state index contributed by atoms with van der Waals surface area (Å²) in [5.74, 6) is 2.67. The quantitative estimate of drug-likeness (QED) is 0.120. The van der Waals surface area contributed by atoms with Gasteiger partial charge in [0, 0.05) is 70.2 Å². The molecular weight excluding hydrogens is 1720 g/mol. The zero-order chi connectivity index (χ0) is 93.0. The molecule has 0 amide bonds. The fourth-order valence-electron chi connectivity index (χ4n) is 22.3. The lowest BCUT2D eigenvalue weighted by Crippen LogP contribution is -2.31. The Hall–Kier alpha value is -18.9. The number of pyridine rings is 6. The predicted octanol–water partition coefficient (Wildman–Crippen LogP) is 33.0. The largest absolute Gasteiger partial charge is 0.455 e. The van der Waals surface area contributed by atoms with E-state index < -0.39 is 5.41 Å². The summed E-state index contributed by atoms with van der Waals surface area (Å²) >= 11 is 0. The maximum Gasteiger partial charge on any atom is 0.145 e. The van der Waals surface area contributed by atoms with Crippen molar-refractivity contribution < 1.29 is 4.42 Å². The smallest absolute Gasteiger partial charge is 0.145 e. The summed E-state index contributed by atoms with van der Waals surface area (Å²) in [6.45, 7) is 0. The molecule has 17 aromatic carbocycles. The van der Waals surface area contributed by atoms with E-state index in [1.165, 1.54) is 138 Å². The third kappa shape index (κ3) is 13.6. The van der Waals surface area contributed by atoms with Crippen molar-refractivity contribution in [1.82, 2.24) is 43.1 Å². The van der Waals surface area contributed by atoms with Gasteiger partial charge in [-0.25, -0.2) is 15.0 Å². The van der Waals surface area contributed by atoms with Crippen LogP contribution in [0.4, 0.5) is 0 Å². The second kappa shape index (κ2) is 33.9. The van der Waals surface area contributed by atoms with Crippen LogP contribution in [0, 0.1) is 0 Å². The van der Waals surface area contributed by atoms with Crippen molar-refractivity contribution in [3.8, 4) is 157 Å². The molecule has 0 fully saturated rings. The van der Waals surface area contributed by atoms with E-state index in [0.717, 1.165) is 124 Å². The normalized spacial score (nSPS) is 12.2. The van der Waals surface area contributed by atoms with Crippen molar-refractivity contribution in [3.05, 3.63) is 527 Å². The number of aromatic nitrogens is 9. The number of furan rings is 1. The maximum absolute atomic E-state index is 6.70. The number of benzene rings is 17.